The summed E-state index contributed by atoms with van der Waals surface area (Å²) in [5.41, 5.74) is 8.43. The van der Waals surface area contributed by atoms with Gasteiger partial charge in [-0.15, -0.1) is 0 Å². The van der Waals surface area contributed by atoms with Gasteiger partial charge in [0.25, 0.3) is 0 Å². The number of phenolic OH excluding ortho intramolecular Hbond substituents is 1. The number of phenols is 1. The van der Waals surface area contributed by atoms with Crippen molar-refractivity contribution < 1.29 is 24.8 Å². The lowest BCUT2D eigenvalue weighted by Crippen LogP contribution is -2.21. The molecule has 0 bridgehead atoms. The van der Waals surface area contributed by atoms with Gasteiger partial charge in [-0.25, -0.2) is 0 Å². The van der Waals surface area contributed by atoms with Gasteiger partial charge in [0.2, 0.25) is 5.75 Å². The van der Waals surface area contributed by atoms with Crippen LogP contribution in [0.1, 0.15) is 11.7 Å². The Morgan fingerprint density at radius 1 is 1.26 bits per heavy atom. The van der Waals surface area contributed by atoms with Crippen molar-refractivity contribution in [2.75, 3.05) is 20.8 Å². The number of aliphatic hydroxyl groups is 2. The Hall–Kier alpha value is -2.15. The van der Waals surface area contributed by atoms with Crippen molar-refractivity contribution in [3.8, 4) is 17.2 Å². The van der Waals surface area contributed by atoms with E-state index in [1.807, 2.05) is 0 Å². The first kappa shape index (κ1) is 14.9. The number of aromatic hydroxyl groups is 1. The molecule has 0 fully saturated rings. The van der Waals surface area contributed by atoms with E-state index in [4.69, 9.17) is 15.0 Å². The summed E-state index contributed by atoms with van der Waals surface area (Å²) in [6, 6.07) is 2.73. The largest absolute Gasteiger partial charge is 0.502 e. The Morgan fingerprint density at radius 3 is 2.21 bits per heavy atom. The van der Waals surface area contributed by atoms with Crippen molar-refractivity contribution >= 4 is 0 Å². The molecular formula is C11H15N3O5. The summed E-state index contributed by atoms with van der Waals surface area (Å²) in [5, 5.41) is 32.5. The molecule has 8 nitrogen and oxygen atoms in total. The lowest BCUT2D eigenvalue weighted by atomic mass is 10.0. The highest BCUT2D eigenvalue weighted by Gasteiger charge is 2.21. The molecule has 8 heteroatoms. The lowest BCUT2D eigenvalue weighted by molar-refractivity contribution is 0.0241. The van der Waals surface area contributed by atoms with Gasteiger partial charge in [-0.1, -0.05) is 5.11 Å². The Balaban J connectivity index is 3.08. The van der Waals surface area contributed by atoms with Gasteiger partial charge in [-0.05, 0) is 23.2 Å². The molecule has 19 heavy (non-hydrogen) atoms. The van der Waals surface area contributed by atoms with Crippen LogP contribution < -0.4 is 9.47 Å². The molecule has 0 heterocycles. The minimum atomic E-state index is -1.30. The maximum Gasteiger partial charge on any atom is 0.200 e. The van der Waals surface area contributed by atoms with Crippen LogP contribution >= 0.6 is 0 Å². The van der Waals surface area contributed by atoms with Crippen LogP contribution in [-0.4, -0.2) is 42.2 Å². The van der Waals surface area contributed by atoms with E-state index in [1.54, 1.807) is 0 Å². The first-order valence-corrected chi connectivity index (χ1v) is 5.37. The topological polar surface area (TPSA) is 128 Å². The van der Waals surface area contributed by atoms with Gasteiger partial charge in [-0.2, -0.15) is 0 Å². The van der Waals surface area contributed by atoms with E-state index in [1.165, 1.54) is 26.4 Å². The highest BCUT2D eigenvalue weighted by atomic mass is 16.5. The molecule has 0 aliphatic carbocycles. The third-order valence-corrected chi connectivity index (χ3v) is 2.54. The van der Waals surface area contributed by atoms with Crippen LogP contribution in [0.5, 0.6) is 17.2 Å². The van der Waals surface area contributed by atoms with Gasteiger partial charge in [0, 0.05) is 4.91 Å². The normalized spacial score (nSPS) is 13.3. The van der Waals surface area contributed by atoms with E-state index in [2.05, 4.69) is 10.0 Å². The number of aliphatic hydroxyl groups excluding tert-OH is 2. The third kappa shape index (κ3) is 3.41. The van der Waals surface area contributed by atoms with Crippen molar-refractivity contribution in [1.29, 1.82) is 0 Å². The monoisotopic (exact) mass is 269 g/mol. The van der Waals surface area contributed by atoms with E-state index >= 15 is 0 Å². The molecule has 0 aliphatic rings. The Morgan fingerprint density at radius 2 is 1.79 bits per heavy atom. The van der Waals surface area contributed by atoms with Gasteiger partial charge in [0.05, 0.1) is 26.9 Å². The quantitative estimate of drug-likeness (QED) is 0.405. The molecule has 1 rings (SSSR count). The Kier molecular flexibility index (Phi) is 5.25. The number of benzene rings is 1. The molecule has 3 N–H and O–H groups in total. The minimum absolute atomic E-state index is 0.101. The molecule has 2 atom stereocenters. The van der Waals surface area contributed by atoms with Crippen molar-refractivity contribution in [1.82, 2.24) is 0 Å². The third-order valence-electron chi connectivity index (χ3n) is 2.54. The number of methoxy groups -OCH3 is 2. The number of hydrogen-bond donors (Lipinski definition) is 3. The molecule has 0 saturated heterocycles. The zero-order valence-electron chi connectivity index (χ0n) is 10.5. The maximum atomic E-state index is 9.92. The summed E-state index contributed by atoms with van der Waals surface area (Å²) in [6.45, 7) is -0.275. The van der Waals surface area contributed by atoms with Gasteiger partial charge in [0.1, 0.15) is 6.10 Å². The molecule has 2 unspecified atom stereocenters. The first-order chi connectivity index (χ1) is 9.04. The van der Waals surface area contributed by atoms with Gasteiger partial charge >= 0.3 is 0 Å². The van der Waals surface area contributed by atoms with Crippen molar-refractivity contribution in [2.45, 2.75) is 12.2 Å². The summed E-state index contributed by atoms with van der Waals surface area (Å²) >= 11 is 0. The van der Waals surface area contributed by atoms with Crippen LogP contribution in [0.4, 0.5) is 0 Å². The molecule has 0 amide bonds. The zero-order valence-corrected chi connectivity index (χ0v) is 10.5. The molecule has 1 aromatic carbocycles. The van der Waals surface area contributed by atoms with Crippen molar-refractivity contribution in [2.24, 2.45) is 5.11 Å². The maximum absolute atomic E-state index is 9.92. The second-order valence-corrected chi connectivity index (χ2v) is 3.70. The number of ether oxygens (including phenoxy) is 2. The summed E-state index contributed by atoms with van der Waals surface area (Å²) < 4.78 is 9.87. The molecule has 1 aromatic rings. The lowest BCUT2D eigenvalue weighted by Gasteiger charge is -2.18. The van der Waals surface area contributed by atoms with Crippen LogP contribution in [0.2, 0.25) is 0 Å². The highest BCUT2D eigenvalue weighted by Crippen LogP contribution is 2.39. The summed E-state index contributed by atoms with van der Waals surface area (Å²) in [6.07, 6.45) is -2.57. The second kappa shape index (κ2) is 6.69. The fourth-order valence-electron chi connectivity index (χ4n) is 1.53. The number of nitrogens with zero attached hydrogens (tertiary/aromatic N) is 3. The van der Waals surface area contributed by atoms with Crippen LogP contribution in [0.25, 0.3) is 10.4 Å². The first-order valence-electron chi connectivity index (χ1n) is 5.37. The minimum Gasteiger partial charge on any atom is -0.502 e. The van der Waals surface area contributed by atoms with Crippen LogP contribution in [0, 0.1) is 0 Å². The summed E-state index contributed by atoms with van der Waals surface area (Å²) in [4.78, 5) is 2.50. The van der Waals surface area contributed by atoms with Crippen molar-refractivity contribution in [3.05, 3.63) is 28.1 Å². The van der Waals surface area contributed by atoms with E-state index in [0.29, 0.717) is 0 Å². The predicted octanol–water partition coefficient (Wildman–Crippen LogP) is 1.11. The Labute approximate surface area is 109 Å². The molecule has 0 saturated carbocycles. The van der Waals surface area contributed by atoms with Crippen LogP contribution in [0.3, 0.4) is 0 Å². The number of rotatable bonds is 6. The van der Waals surface area contributed by atoms with Crippen molar-refractivity contribution in [3.63, 3.8) is 0 Å². The molecule has 0 aromatic heterocycles. The van der Waals surface area contributed by atoms with Crippen LogP contribution in [-0.2, 0) is 0 Å². The highest BCUT2D eigenvalue weighted by molar-refractivity contribution is 5.53. The molecule has 104 valence electrons. The SMILES string of the molecule is COc1cc(C(O)C(O)CN=[N+]=[N-])cc(OC)c1O. The molecular weight excluding hydrogens is 254 g/mol. The van der Waals surface area contributed by atoms with E-state index in [9.17, 15) is 15.3 Å². The van der Waals surface area contributed by atoms with E-state index in [0.717, 1.165) is 0 Å². The summed E-state index contributed by atoms with van der Waals surface area (Å²) in [5.74, 6) is -0.000690. The Bertz CT molecular complexity index is 462. The smallest absolute Gasteiger partial charge is 0.200 e. The van der Waals surface area contributed by atoms with Gasteiger partial charge in [-0.3, -0.25) is 0 Å². The number of hydrogen-bond acceptors (Lipinski definition) is 6. The average Bonchev–Trinajstić information content (AvgIpc) is 2.44. The summed E-state index contributed by atoms with van der Waals surface area (Å²) in [7, 11) is 2.70. The average molecular weight is 269 g/mol. The molecule has 0 spiro atoms. The molecule has 0 aliphatic heterocycles. The zero-order chi connectivity index (χ0) is 14.4. The van der Waals surface area contributed by atoms with Gasteiger partial charge in [0.15, 0.2) is 11.5 Å². The fraction of sp³-hybridized carbons (Fsp3) is 0.455. The fourth-order valence-corrected chi connectivity index (χ4v) is 1.53. The van der Waals surface area contributed by atoms with E-state index in [-0.39, 0.29) is 29.4 Å². The van der Waals surface area contributed by atoms with Crippen LogP contribution in [0.15, 0.2) is 17.2 Å². The standard InChI is InChI=1S/C11H15N3O5/c1-18-8-3-6(4-9(19-2)11(8)17)10(16)7(15)5-13-14-12/h3-4,7,10,15-17H,5H2,1-2H3. The van der Waals surface area contributed by atoms with Gasteiger partial charge < -0.3 is 24.8 Å². The second-order valence-electron chi connectivity index (χ2n) is 3.70. The predicted molar refractivity (Wildman–Crippen MR) is 66.2 cm³/mol. The molecule has 0 radical (unpaired) electrons. The number of azide groups is 1. The van der Waals surface area contributed by atoms with E-state index < -0.39 is 12.2 Å².